The number of carboxylic acid groups (broad SMARTS) is 2. The summed E-state index contributed by atoms with van der Waals surface area (Å²) in [6.07, 6.45) is 23.8. The third kappa shape index (κ3) is 15.8. The number of aliphatic carboxylic acids is 2. The Morgan fingerprint density at radius 3 is 1.54 bits per heavy atom. The zero-order valence-electron chi connectivity index (χ0n) is 25.5. The van der Waals surface area contributed by atoms with E-state index in [1.54, 1.807) is 0 Å². The van der Waals surface area contributed by atoms with Crippen LogP contribution in [0.25, 0.3) is 0 Å². The fourth-order valence-corrected chi connectivity index (χ4v) is 6.38. The second kappa shape index (κ2) is 22.9. The van der Waals surface area contributed by atoms with E-state index < -0.39 is 17.4 Å². The topological polar surface area (TPSA) is 74.6 Å². The quantitative estimate of drug-likeness (QED) is 0.105. The van der Waals surface area contributed by atoms with E-state index in [1.165, 1.54) is 64.2 Å². The molecule has 0 rings (SSSR count). The summed E-state index contributed by atoms with van der Waals surface area (Å²) in [6.45, 7) is 11.2. The van der Waals surface area contributed by atoms with Crippen LogP contribution in [-0.4, -0.2) is 22.2 Å². The molecule has 0 aromatic carbocycles. The molecule has 0 saturated heterocycles. The van der Waals surface area contributed by atoms with Crippen molar-refractivity contribution in [3.8, 4) is 0 Å². The summed E-state index contributed by atoms with van der Waals surface area (Å²) in [6, 6.07) is 0. The van der Waals surface area contributed by atoms with Gasteiger partial charge in [-0.3, -0.25) is 9.59 Å². The smallest absolute Gasteiger partial charge is 0.309 e. The summed E-state index contributed by atoms with van der Waals surface area (Å²) < 4.78 is 0. The lowest BCUT2D eigenvalue weighted by atomic mass is 9.62. The van der Waals surface area contributed by atoms with Crippen LogP contribution in [-0.2, 0) is 9.59 Å². The maximum Gasteiger partial charge on any atom is 0.309 e. The van der Waals surface area contributed by atoms with Crippen LogP contribution in [0.3, 0.4) is 0 Å². The predicted octanol–water partition coefficient (Wildman–Crippen LogP) is 10.7. The van der Waals surface area contributed by atoms with E-state index in [-0.39, 0.29) is 5.92 Å². The minimum atomic E-state index is -0.685. The molecule has 0 aliphatic rings. The molecule has 37 heavy (non-hydrogen) atoms. The largest absolute Gasteiger partial charge is 0.481 e. The van der Waals surface area contributed by atoms with Crippen molar-refractivity contribution < 1.29 is 19.8 Å². The molecule has 220 valence electrons. The molecule has 4 heteroatoms. The van der Waals surface area contributed by atoms with Crippen LogP contribution in [0.5, 0.6) is 0 Å². The number of carboxylic acids is 2. The van der Waals surface area contributed by atoms with Gasteiger partial charge in [-0.1, -0.05) is 137 Å². The second-order valence-electron chi connectivity index (χ2n) is 11.9. The summed E-state index contributed by atoms with van der Waals surface area (Å²) in [4.78, 5) is 23.6. The first-order valence-electron chi connectivity index (χ1n) is 16.3. The summed E-state index contributed by atoms with van der Waals surface area (Å²) in [5.41, 5.74) is -0.579. The van der Waals surface area contributed by atoms with Gasteiger partial charge in [0.1, 0.15) is 0 Å². The first-order valence-corrected chi connectivity index (χ1v) is 16.3. The van der Waals surface area contributed by atoms with E-state index in [4.69, 9.17) is 5.11 Å². The van der Waals surface area contributed by atoms with Crippen molar-refractivity contribution in [1.29, 1.82) is 0 Å². The predicted molar refractivity (Wildman–Crippen MR) is 158 cm³/mol. The normalized spacial score (nSPS) is 15.7. The highest BCUT2D eigenvalue weighted by molar-refractivity contribution is 5.75. The van der Waals surface area contributed by atoms with Crippen molar-refractivity contribution in [3.63, 3.8) is 0 Å². The number of hydrogen-bond acceptors (Lipinski definition) is 2. The standard InChI is InChI=1S/C33H64O4/c1-6-11-22-28(8-3)26-30(24-20-18-16-14-13-15-17-19-21-25-31(34)35)33(10-5,32(36)37)27-29(9-4)23-12-7-2/h28-30H,6-27H2,1-5H3,(H,34,35)(H,36,37). The maximum absolute atomic E-state index is 13.0. The molecule has 0 radical (unpaired) electrons. The van der Waals surface area contributed by atoms with Gasteiger partial charge in [0.2, 0.25) is 0 Å². The Kier molecular flexibility index (Phi) is 22.2. The van der Waals surface area contributed by atoms with Gasteiger partial charge in [-0.2, -0.15) is 0 Å². The van der Waals surface area contributed by atoms with Gasteiger partial charge in [0.15, 0.2) is 0 Å². The molecule has 2 N–H and O–H groups in total. The molecule has 4 atom stereocenters. The Balaban J connectivity index is 5.09. The van der Waals surface area contributed by atoms with Crippen LogP contribution in [0, 0.1) is 23.2 Å². The van der Waals surface area contributed by atoms with E-state index >= 15 is 0 Å². The molecule has 0 aliphatic heterocycles. The van der Waals surface area contributed by atoms with Crippen LogP contribution in [0.1, 0.15) is 176 Å². The third-order valence-electron chi connectivity index (χ3n) is 9.14. The Hall–Kier alpha value is -1.06. The van der Waals surface area contributed by atoms with Gasteiger partial charge >= 0.3 is 11.9 Å². The maximum atomic E-state index is 13.0. The molecule has 0 amide bonds. The molecule has 0 heterocycles. The van der Waals surface area contributed by atoms with Crippen molar-refractivity contribution in [1.82, 2.24) is 0 Å². The van der Waals surface area contributed by atoms with Crippen molar-refractivity contribution >= 4 is 11.9 Å². The molecule has 4 unspecified atom stereocenters. The minimum Gasteiger partial charge on any atom is -0.481 e. The molecular formula is C33H64O4. The average molecular weight is 525 g/mol. The highest BCUT2D eigenvalue weighted by Crippen LogP contribution is 2.46. The third-order valence-corrected chi connectivity index (χ3v) is 9.14. The van der Waals surface area contributed by atoms with Gasteiger partial charge in [-0.15, -0.1) is 0 Å². The van der Waals surface area contributed by atoms with Gasteiger partial charge in [0.25, 0.3) is 0 Å². The highest BCUT2D eigenvalue weighted by Gasteiger charge is 2.45. The SMILES string of the molecule is CCCCC(CC)CC(CCCCCCCCCCCC(=O)O)C(CC)(CC(CC)CCCC)C(=O)O. The molecule has 0 aromatic rings. The van der Waals surface area contributed by atoms with Gasteiger partial charge < -0.3 is 10.2 Å². The van der Waals surface area contributed by atoms with Crippen LogP contribution in [0.2, 0.25) is 0 Å². The zero-order chi connectivity index (χ0) is 27.9. The lowest BCUT2D eigenvalue weighted by Crippen LogP contribution is -2.41. The fourth-order valence-electron chi connectivity index (χ4n) is 6.38. The lowest BCUT2D eigenvalue weighted by molar-refractivity contribution is -0.156. The van der Waals surface area contributed by atoms with Gasteiger partial charge in [0.05, 0.1) is 5.41 Å². The molecule has 0 fully saturated rings. The molecular weight excluding hydrogens is 460 g/mol. The van der Waals surface area contributed by atoms with Gasteiger partial charge in [-0.25, -0.2) is 0 Å². The Morgan fingerprint density at radius 2 is 1.11 bits per heavy atom. The average Bonchev–Trinajstić information content (AvgIpc) is 2.88. The van der Waals surface area contributed by atoms with Crippen molar-refractivity contribution in [2.24, 2.45) is 23.2 Å². The fraction of sp³-hybridized carbons (Fsp3) is 0.939. The van der Waals surface area contributed by atoms with Crippen LogP contribution < -0.4 is 0 Å². The number of carbonyl (C=O) groups is 2. The lowest BCUT2D eigenvalue weighted by Gasteiger charge is -2.41. The van der Waals surface area contributed by atoms with Crippen LogP contribution >= 0.6 is 0 Å². The molecule has 4 nitrogen and oxygen atoms in total. The Morgan fingerprint density at radius 1 is 0.622 bits per heavy atom. The first-order chi connectivity index (χ1) is 17.8. The van der Waals surface area contributed by atoms with E-state index in [0.29, 0.717) is 18.3 Å². The first kappa shape index (κ1) is 35.9. The van der Waals surface area contributed by atoms with Crippen molar-refractivity contribution in [2.45, 2.75) is 176 Å². The number of hydrogen-bond donors (Lipinski definition) is 2. The molecule has 0 aliphatic carbocycles. The van der Waals surface area contributed by atoms with Crippen LogP contribution in [0.15, 0.2) is 0 Å². The van der Waals surface area contributed by atoms with Crippen molar-refractivity contribution in [3.05, 3.63) is 0 Å². The molecule has 0 bridgehead atoms. The second-order valence-corrected chi connectivity index (χ2v) is 11.9. The zero-order valence-corrected chi connectivity index (χ0v) is 25.5. The van der Waals surface area contributed by atoms with Crippen molar-refractivity contribution in [2.75, 3.05) is 0 Å². The Bertz CT molecular complexity index is 561. The number of unbranched alkanes of at least 4 members (excludes halogenated alkanes) is 10. The van der Waals surface area contributed by atoms with E-state index in [1.807, 2.05) is 0 Å². The van der Waals surface area contributed by atoms with E-state index in [9.17, 15) is 14.7 Å². The molecule has 0 spiro atoms. The van der Waals surface area contributed by atoms with Gasteiger partial charge in [0, 0.05) is 6.42 Å². The summed E-state index contributed by atoms with van der Waals surface area (Å²) in [5.74, 6) is 0.219. The van der Waals surface area contributed by atoms with E-state index in [2.05, 4.69) is 34.6 Å². The minimum absolute atomic E-state index is 0.279. The molecule has 0 saturated carbocycles. The van der Waals surface area contributed by atoms with Crippen LogP contribution in [0.4, 0.5) is 0 Å². The number of rotatable bonds is 27. The monoisotopic (exact) mass is 524 g/mol. The molecule has 0 aromatic heterocycles. The van der Waals surface area contributed by atoms with Gasteiger partial charge in [-0.05, 0) is 49.9 Å². The Labute approximate surface area is 230 Å². The summed E-state index contributed by atoms with van der Waals surface area (Å²) >= 11 is 0. The summed E-state index contributed by atoms with van der Waals surface area (Å²) in [5, 5.41) is 19.4. The van der Waals surface area contributed by atoms with E-state index in [0.717, 1.165) is 70.6 Å². The highest BCUT2D eigenvalue weighted by atomic mass is 16.4. The summed E-state index contributed by atoms with van der Waals surface area (Å²) in [7, 11) is 0.